The average molecular weight is 382 g/mol. The van der Waals surface area contributed by atoms with Gasteiger partial charge in [0.2, 0.25) is 0 Å². The predicted octanol–water partition coefficient (Wildman–Crippen LogP) is 4.79. The second kappa shape index (κ2) is 8.17. The Morgan fingerprint density at radius 3 is 2.04 bits per heavy atom. The molecule has 26 heavy (non-hydrogen) atoms. The van der Waals surface area contributed by atoms with E-state index >= 15 is 0 Å². The van der Waals surface area contributed by atoms with E-state index in [1.165, 1.54) is 0 Å². The molecule has 0 saturated carbocycles. The van der Waals surface area contributed by atoms with E-state index in [1.807, 2.05) is 18.7 Å². The van der Waals surface area contributed by atoms with Crippen LogP contribution >= 0.6 is 0 Å². The molecule has 2 rings (SSSR count). The van der Waals surface area contributed by atoms with E-state index in [9.17, 15) is 26.3 Å². The molecule has 2 nitrogen and oxygen atoms in total. The third-order valence-electron chi connectivity index (χ3n) is 4.36. The number of hydrogen-bond acceptors (Lipinski definition) is 2. The number of alkyl halides is 6. The van der Waals surface area contributed by atoms with E-state index in [2.05, 4.69) is 5.32 Å². The van der Waals surface area contributed by atoms with Crippen molar-refractivity contribution >= 4 is 0 Å². The van der Waals surface area contributed by atoms with Crippen molar-refractivity contribution in [3.63, 3.8) is 0 Å². The third-order valence-corrected chi connectivity index (χ3v) is 4.36. The van der Waals surface area contributed by atoms with Crippen LogP contribution in [-0.4, -0.2) is 31.1 Å². The molecule has 1 aliphatic heterocycles. The van der Waals surface area contributed by atoms with E-state index in [0.29, 0.717) is 19.0 Å². The highest BCUT2D eigenvalue weighted by molar-refractivity contribution is 5.33. The van der Waals surface area contributed by atoms with Crippen LogP contribution in [0.25, 0.3) is 0 Å². The molecule has 0 unspecified atom stereocenters. The number of benzene rings is 1. The van der Waals surface area contributed by atoms with Gasteiger partial charge in [0.15, 0.2) is 0 Å². The second-order valence-electron chi connectivity index (χ2n) is 7.36. The monoisotopic (exact) mass is 382 g/mol. The SMILES string of the molecule is CC(C)CN(Cc1cc(C(F)(F)F)cc(C(F)(F)F)c1)C[C@H]1CCNC1. The highest BCUT2D eigenvalue weighted by atomic mass is 19.4. The van der Waals surface area contributed by atoms with Gasteiger partial charge in [-0.3, -0.25) is 4.90 Å². The molecular weight excluding hydrogens is 358 g/mol. The molecule has 1 aliphatic rings. The zero-order valence-electron chi connectivity index (χ0n) is 14.8. The summed E-state index contributed by atoms with van der Waals surface area (Å²) in [5.74, 6) is 0.624. The van der Waals surface area contributed by atoms with Crippen LogP contribution in [-0.2, 0) is 18.9 Å². The van der Waals surface area contributed by atoms with E-state index in [4.69, 9.17) is 0 Å². The molecule has 0 aromatic heterocycles. The van der Waals surface area contributed by atoms with Crippen molar-refractivity contribution in [3.05, 3.63) is 34.9 Å². The van der Waals surface area contributed by atoms with Crippen molar-refractivity contribution in [2.24, 2.45) is 11.8 Å². The Bertz CT molecular complexity index is 556. The van der Waals surface area contributed by atoms with Gasteiger partial charge in [0, 0.05) is 19.6 Å². The zero-order chi connectivity index (χ0) is 19.5. The lowest BCUT2D eigenvalue weighted by Crippen LogP contribution is -2.33. The summed E-state index contributed by atoms with van der Waals surface area (Å²) in [6.07, 6.45) is -8.66. The van der Waals surface area contributed by atoms with Crippen LogP contribution in [0.5, 0.6) is 0 Å². The van der Waals surface area contributed by atoms with Gasteiger partial charge in [0.25, 0.3) is 0 Å². The average Bonchev–Trinajstić information content (AvgIpc) is 2.97. The molecule has 1 saturated heterocycles. The lowest BCUT2D eigenvalue weighted by Gasteiger charge is -2.27. The molecule has 0 bridgehead atoms. The minimum Gasteiger partial charge on any atom is -0.316 e. The molecule has 8 heteroatoms. The molecule has 0 amide bonds. The Morgan fingerprint density at radius 2 is 1.62 bits per heavy atom. The number of halogens is 6. The van der Waals surface area contributed by atoms with Gasteiger partial charge in [0.05, 0.1) is 11.1 Å². The number of hydrogen-bond donors (Lipinski definition) is 1. The van der Waals surface area contributed by atoms with Crippen LogP contribution in [0, 0.1) is 11.8 Å². The molecule has 1 fully saturated rings. The van der Waals surface area contributed by atoms with Gasteiger partial charge in [0.1, 0.15) is 0 Å². The van der Waals surface area contributed by atoms with Crippen LogP contribution in [0.4, 0.5) is 26.3 Å². The molecular formula is C18H24F6N2. The maximum Gasteiger partial charge on any atom is 0.416 e. The standard InChI is InChI=1S/C18H24F6N2/c1-12(2)9-26(10-13-3-4-25-8-13)11-14-5-15(17(19,20)21)7-16(6-14)18(22,23)24/h5-7,12-13,25H,3-4,8-11H2,1-2H3/t13-/m0/s1. The van der Waals surface area contributed by atoms with Gasteiger partial charge in [-0.05, 0) is 55.1 Å². The fourth-order valence-corrected chi connectivity index (χ4v) is 3.32. The normalized spacial score (nSPS) is 18.9. The van der Waals surface area contributed by atoms with E-state index in [0.717, 1.165) is 31.6 Å². The van der Waals surface area contributed by atoms with Crippen LogP contribution in [0.2, 0.25) is 0 Å². The predicted molar refractivity (Wildman–Crippen MR) is 87.5 cm³/mol. The largest absolute Gasteiger partial charge is 0.416 e. The minimum absolute atomic E-state index is 0.0405. The Morgan fingerprint density at radius 1 is 1.04 bits per heavy atom. The Hall–Kier alpha value is -1.28. The summed E-state index contributed by atoms with van der Waals surface area (Å²) in [4.78, 5) is 1.96. The molecule has 0 aliphatic carbocycles. The molecule has 1 aromatic carbocycles. The number of nitrogens with zero attached hydrogens (tertiary/aromatic N) is 1. The molecule has 148 valence electrons. The lowest BCUT2D eigenvalue weighted by molar-refractivity contribution is -0.143. The number of nitrogens with one attached hydrogen (secondary N) is 1. The Kier molecular flexibility index (Phi) is 6.60. The van der Waals surface area contributed by atoms with Crippen LogP contribution < -0.4 is 5.32 Å². The van der Waals surface area contributed by atoms with Gasteiger partial charge in [-0.2, -0.15) is 26.3 Å². The Labute approximate surface area is 149 Å². The zero-order valence-corrected chi connectivity index (χ0v) is 14.8. The first-order valence-corrected chi connectivity index (χ1v) is 8.66. The smallest absolute Gasteiger partial charge is 0.316 e. The maximum atomic E-state index is 13.0. The third kappa shape index (κ3) is 6.16. The van der Waals surface area contributed by atoms with Crippen molar-refractivity contribution in [3.8, 4) is 0 Å². The summed E-state index contributed by atoms with van der Waals surface area (Å²) in [6.45, 7) is 7.02. The van der Waals surface area contributed by atoms with E-state index in [-0.39, 0.29) is 24.1 Å². The van der Waals surface area contributed by atoms with Gasteiger partial charge >= 0.3 is 12.4 Å². The summed E-state index contributed by atoms with van der Waals surface area (Å²) in [7, 11) is 0. The molecule has 1 heterocycles. The van der Waals surface area contributed by atoms with Crippen molar-refractivity contribution in [2.45, 2.75) is 39.2 Å². The fourth-order valence-electron chi connectivity index (χ4n) is 3.32. The van der Waals surface area contributed by atoms with E-state index < -0.39 is 23.5 Å². The van der Waals surface area contributed by atoms with Gasteiger partial charge in [-0.1, -0.05) is 13.8 Å². The van der Waals surface area contributed by atoms with Crippen molar-refractivity contribution in [2.75, 3.05) is 26.2 Å². The summed E-state index contributed by atoms with van der Waals surface area (Å²) in [5.41, 5.74) is -2.47. The van der Waals surface area contributed by atoms with Crippen LogP contribution in [0.15, 0.2) is 18.2 Å². The van der Waals surface area contributed by atoms with Gasteiger partial charge in [-0.25, -0.2) is 0 Å². The van der Waals surface area contributed by atoms with Crippen LogP contribution in [0.1, 0.15) is 37.0 Å². The summed E-state index contributed by atoms with van der Waals surface area (Å²) >= 11 is 0. The topological polar surface area (TPSA) is 15.3 Å². The van der Waals surface area contributed by atoms with Crippen molar-refractivity contribution < 1.29 is 26.3 Å². The van der Waals surface area contributed by atoms with Gasteiger partial charge in [-0.15, -0.1) is 0 Å². The highest BCUT2D eigenvalue weighted by Gasteiger charge is 2.37. The fraction of sp³-hybridized carbons (Fsp3) is 0.667. The quantitative estimate of drug-likeness (QED) is 0.712. The molecule has 1 aromatic rings. The first kappa shape index (κ1) is 21.0. The maximum absolute atomic E-state index is 13.0. The molecule has 1 N–H and O–H groups in total. The first-order valence-electron chi connectivity index (χ1n) is 8.66. The van der Waals surface area contributed by atoms with Crippen molar-refractivity contribution in [1.82, 2.24) is 10.2 Å². The van der Waals surface area contributed by atoms with Crippen LogP contribution in [0.3, 0.4) is 0 Å². The molecule has 0 radical (unpaired) electrons. The summed E-state index contributed by atoms with van der Waals surface area (Å²) in [6, 6.07) is 1.84. The Balaban J connectivity index is 2.27. The highest BCUT2D eigenvalue weighted by Crippen LogP contribution is 2.36. The number of rotatable bonds is 6. The molecule has 1 atom stereocenters. The minimum atomic E-state index is -4.81. The lowest BCUT2D eigenvalue weighted by atomic mass is 10.0. The summed E-state index contributed by atoms with van der Waals surface area (Å²) in [5, 5.41) is 3.23. The second-order valence-corrected chi connectivity index (χ2v) is 7.36. The van der Waals surface area contributed by atoms with E-state index in [1.54, 1.807) is 0 Å². The summed E-state index contributed by atoms with van der Waals surface area (Å²) < 4.78 is 78.1. The van der Waals surface area contributed by atoms with Gasteiger partial charge < -0.3 is 5.32 Å². The van der Waals surface area contributed by atoms with Crippen molar-refractivity contribution in [1.29, 1.82) is 0 Å². The first-order chi connectivity index (χ1) is 11.9. The molecule has 0 spiro atoms.